The second-order valence-electron chi connectivity index (χ2n) is 4.48. The van der Waals surface area contributed by atoms with Crippen molar-refractivity contribution in [2.75, 3.05) is 6.61 Å². The standard InChI is InChI=1S/C12H17N3O5/c1-2-9(13)19-6-8-7(16)5-11(20-8)15-4-3-10(17)14-12(15)18/h2-4,7-9,11,16H,1,5-6,13H2,(H,14,17,18)/t7-,8+,9?,11+/m0/s1. The van der Waals surface area contributed by atoms with Gasteiger partial charge in [0.25, 0.3) is 5.56 Å². The number of nitrogens with one attached hydrogen (secondary N) is 1. The maximum absolute atomic E-state index is 11.6. The van der Waals surface area contributed by atoms with Crippen LogP contribution in [-0.2, 0) is 9.47 Å². The van der Waals surface area contributed by atoms with E-state index in [1.807, 2.05) is 0 Å². The van der Waals surface area contributed by atoms with Crippen LogP contribution in [0, 0.1) is 0 Å². The van der Waals surface area contributed by atoms with Crippen molar-refractivity contribution in [3.63, 3.8) is 0 Å². The van der Waals surface area contributed by atoms with E-state index in [-0.39, 0.29) is 13.0 Å². The van der Waals surface area contributed by atoms with E-state index in [4.69, 9.17) is 15.2 Å². The topological polar surface area (TPSA) is 120 Å². The molecular weight excluding hydrogens is 266 g/mol. The number of nitrogens with zero attached hydrogens (tertiary/aromatic N) is 1. The fraction of sp³-hybridized carbons (Fsp3) is 0.500. The van der Waals surface area contributed by atoms with E-state index in [2.05, 4.69) is 11.6 Å². The molecule has 2 heterocycles. The summed E-state index contributed by atoms with van der Waals surface area (Å²) in [4.78, 5) is 24.8. The molecule has 1 unspecified atom stereocenters. The van der Waals surface area contributed by atoms with Crippen LogP contribution < -0.4 is 17.0 Å². The van der Waals surface area contributed by atoms with Crippen LogP contribution in [0.25, 0.3) is 0 Å². The van der Waals surface area contributed by atoms with Gasteiger partial charge in [-0.05, 0) is 6.08 Å². The zero-order valence-electron chi connectivity index (χ0n) is 10.8. The van der Waals surface area contributed by atoms with Crippen LogP contribution in [0.15, 0.2) is 34.5 Å². The molecule has 1 saturated heterocycles. The maximum Gasteiger partial charge on any atom is 0.330 e. The minimum Gasteiger partial charge on any atom is -0.390 e. The van der Waals surface area contributed by atoms with E-state index in [1.54, 1.807) is 0 Å². The van der Waals surface area contributed by atoms with Gasteiger partial charge in [-0.15, -0.1) is 0 Å². The number of hydrogen-bond acceptors (Lipinski definition) is 6. The lowest BCUT2D eigenvalue weighted by atomic mass is 10.2. The molecule has 110 valence electrons. The third-order valence-electron chi connectivity index (χ3n) is 3.05. The van der Waals surface area contributed by atoms with Gasteiger partial charge < -0.3 is 20.3 Å². The minimum absolute atomic E-state index is 0.0863. The molecule has 0 aliphatic carbocycles. The highest BCUT2D eigenvalue weighted by Crippen LogP contribution is 2.27. The lowest BCUT2D eigenvalue weighted by Crippen LogP contribution is -2.33. The van der Waals surface area contributed by atoms with Crippen LogP contribution in [0.4, 0.5) is 0 Å². The van der Waals surface area contributed by atoms with Crippen LogP contribution in [0.5, 0.6) is 0 Å². The summed E-state index contributed by atoms with van der Waals surface area (Å²) in [5.74, 6) is 0. The van der Waals surface area contributed by atoms with Gasteiger partial charge in [0, 0.05) is 18.7 Å². The lowest BCUT2D eigenvalue weighted by molar-refractivity contribution is -0.0723. The van der Waals surface area contributed by atoms with Crippen molar-refractivity contribution in [2.24, 2.45) is 5.73 Å². The first-order chi connectivity index (χ1) is 9.51. The quantitative estimate of drug-likeness (QED) is 0.455. The Kier molecular flexibility index (Phi) is 4.50. The molecule has 4 atom stereocenters. The lowest BCUT2D eigenvalue weighted by Gasteiger charge is -2.17. The van der Waals surface area contributed by atoms with Crippen LogP contribution in [0.3, 0.4) is 0 Å². The molecule has 8 heteroatoms. The van der Waals surface area contributed by atoms with Crippen LogP contribution >= 0.6 is 0 Å². The summed E-state index contributed by atoms with van der Waals surface area (Å²) in [5, 5.41) is 9.89. The predicted molar refractivity (Wildman–Crippen MR) is 70.0 cm³/mol. The number of hydrogen-bond donors (Lipinski definition) is 3. The van der Waals surface area contributed by atoms with Crippen LogP contribution in [0.2, 0.25) is 0 Å². The summed E-state index contributed by atoms with van der Waals surface area (Å²) in [6.07, 6.45) is 0.315. The average Bonchev–Trinajstić information content (AvgIpc) is 2.77. The van der Waals surface area contributed by atoms with Crippen molar-refractivity contribution >= 4 is 0 Å². The SMILES string of the molecule is C=CC(N)OC[C@H]1O[C@@H](n2ccc(=O)[nH]c2=O)C[C@@H]1O. The molecule has 0 saturated carbocycles. The number of aliphatic hydroxyl groups excluding tert-OH is 1. The molecule has 1 fully saturated rings. The third-order valence-corrected chi connectivity index (χ3v) is 3.05. The van der Waals surface area contributed by atoms with Crippen molar-refractivity contribution in [2.45, 2.75) is 31.1 Å². The number of aliphatic hydroxyl groups is 1. The van der Waals surface area contributed by atoms with Gasteiger partial charge >= 0.3 is 5.69 Å². The molecule has 4 N–H and O–H groups in total. The summed E-state index contributed by atoms with van der Waals surface area (Å²) < 4.78 is 12.0. The Morgan fingerprint density at radius 1 is 1.70 bits per heavy atom. The first-order valence-corrected chi connectivity index (χ1v) is 6.16. The molecule has 1 aromatic rings. The fourth-order valence-electron chi connectivity index (χ4n) is 1.96. The number of nitrogens with two attached hydrogens (primary N) is 1. The van der Waals surface area contributed by atoms with Gasteiger partial charge in [0.1, 0.15) is 18.6 Å². The molecule has 0 spiro atoms. The molecule has 0 bridgehead atoms. The van der Waals surface area contributed by atoms with Gasteiger partial charge in [0.05, 0.1) is 12.7 Å². The molecule has 0 amide bonds. The minimum atomic E-state index is -0.782. The van der Waals surface area contributed by atoms with Gasteiger partial charge in [-0.25, -0.2) is 4.79 Å². The van der Waals surface area contributed by atoms with Crippen molar-refractivity contribution in [1.82, 2.24) is 9.55 Å². The third kappa shape index (κ3) is 3.23. The monoisotopic (exact) mass is 283 g/mol. The van der Waals surface area contributed by atoms with Gasteiger partial charge in [0.15, 0.2) is 0 Å². The molecule has 0 radical (unpaired) electrons. The van der Waals surface area contributed by atoms with Crippen molar-refractivity contribution < 1.29 is 14.6 Å². The number of H-pyrrole nitrogens is 1. The Morgan fingerprint density at radius 2 is 2.45 bits per heavy atom. The predicted octanol–water partition coefficient (Wildman–Crippen LogP) is -1.33. The highest BCUT2D eigenvalue weighted by molar-refractivity contribution is 4.88. The maximum atomic E-state index is 11.6. The molecule has 1 aromatic heterocycles. The summed E-state index contributed by atoms with van der Waals surface area (Å²) in [5.41, 5.74) is 4.44. The van der Waals surface area contributed by atoms with Crippen LogP contribution in [0.1, 0.15) is 12.6 Å². The molecular formula is C12H17N3O5. The first kappa shape index (κ1) is 14.7. The normalized spacial score (nSPS) is 27.4. The number of rotatable bonds is 5. The molecule has 20 heavy (non-hydrogen) atoms. The van der Waals surface area contributed by atoms with Crippen molar-refractivity contribution in [3.8, 4) is 0 Å². The molecule has 2 rings (SSSR count). The summed E-state index contributed by atoms with van der Waals surface area (Å²) >= 11 is 0. The second-order valence-corrected chi connectivity index (χ2v) is 4.48. The van der Waals surface area contributed by atoms with E-state index < -0.39 is 35.9 Å². The summed E-state index contributed by atoms with van der Waals surface area (Å²) in [6, 6.07) is 1.22. The molecule has 1 aliphatic rings. The van der Waals surface area contributed by atoms with Gasteiger partial charge in [-0.1, -0.05) is 6.58 Å². The number of ether oxygens (including phenoxy) is 2. The zero-order valence-corrected chi connectivity index (χ0v) is 10.8. The van der Waals surface area contributed by atoms with Crippen molar-refractivity contribution in [1.29, 1.82) is 0 Å². The van der Waals surface area contributed by atoms with E-state index in [9.17, 15) is 14.7 Å². The Balaban J connectivity index is 2.04. The highest BCUT2D eigenvalue weighted by atomic mass is 16.6. The fourth-order valence-corrected chi connectivity index (χ4v) is 1.96. The highest BCUT2D eigenvalue weighted by Gasteiger charge is 2.35. The molecule has 1 aliphatic heterocycles. The smallest absolute Gasteiger partial charge is 0.330 e. The average molecular weight is 283 g/mol. The Bertz CT molecular complexity index is 581. The Hall–Kier alpha value is -1.74. The first-order valence-electron chi connectivity index (χ1n) is 6.16. The summed E-state index contributed by atoms with van der Waals surface area (Å²) in [6.45, 7) is 3.56. The van der Waals surface area contributed by atoms with Crippen LogP contribution in [-0.4, -0.2) is 39.7 Å². The van der Waals surface area contributed by atoms with Gasteiger partial charge in [0.2, 0.25) is 0 Å². The Labute approximate surface area is 114 Å². The van der Waals surface area contributed by atoms with Gasteiger partial charge in [-0.3, -0.25) is 14.3 Å². The van der Waals surface area contributed by atoms with Crippen molar-refractivity contribution in [3.05, 3.63) is 45.8 Å². The van der Waals surface area contributed by atoms with Gasteiger partial charge in [-0.2, -0.15) is 0 Å². The summed E-state index contributed by atoms with van der Waals surface area (Å²) in [7, 11) is 0. The second kappa shape index (κ2) is 6.14. The van der Waals surface area contributed by atoms with E-state index in [0.717, 1.165) is 0 Å². The van der Waals surface area contributed by atoms with E-state index in [1.165, 1.54) is 22.9 Å². The number of aromatic nitrogens is 2. The van der Waals surface area contributed by atoms with E-state index >= 15 is 0 Å². The zero-order chi connectivity index (χ0) is 14.7. The Morgan fingerprint density at radius 3 is 3.10 bits per heavy atom. The molecule has 8 nitrogen and oxygen atoms in total. The van der Waals surface area contributed by atoms with E-state index in [0.29, 0.717) is 0 Å². The largest absolute Gasteiger partial charge is 0.390 e. The number of aromatic amines is 1. The molecule has 0 aromatic carbocycles.